The Morgan fingerprint density at radius 2 is 1.76 bits per heavy atom. The lowest BCUT2D eigenvalue weighted by molar-refractivity contribution is 0.0516. The number of para-hydroxylation sites is 1. The van der Waals surface area contributed by atoms with E-state index in [2.05, 4.69) is 18.3 Å². The number of aromatic nitrogens is 1. The zero-order chi connectivity index (χ0) is 20.6. The van der Waals surface area contributed by atoms with Crippen LogP contribution in [0, 0.1) is 0 Å². The second-order valence-electron chi connectivity index (χ2n) is 6.32. The number of benzene rings is 2. The molecule has 0 bridgehead atoms. The van der Waals surface area contributed by atoms with Crippen LogP contribution in [0.4, 0.5) is 0 Å². The van der Waals surface area contributed by atoms with Gasteiger partial charge in [-0.3, -0.25) is 0 Å². The first-order valence-electron chi connectivity index (χ1n) is 9.18. The van der Waals surface area contributed by atoms with Crippen LogP contribution in [0.25, 0.3) is 16.6 Å². The first-order valence-corrected chi connectivity index (χ1v) is 9.18. The van der Waals surface area contributed by atoms with Gasteiger partial charge < -0.3 is 9.40 Å². The Hall–Kier alpha value is -3.92. The highest BCUT2D eigenvalue weighted by Gasteiger charge is 2.13. The summed E-state index contributed by atoms with van der Waals surface area (Å²) in [5.74, 6) is -0.491. The molecule has 0 atom stereocenters. The van der Waals surface area contributed by atoms with Crippen LogP contribution in [0.15, 0.2) is 109 Å². The lowest BCUT2D eigenvalue weighted by atomic mass is 10.1. The molecule has 1 aromatic heterocycles. The first-order chi connectivity index (χ1) is 14.1. The van der Waals surface area contributed by atoms with Gasteiger partial charge in [0.2, 0.25) is 0 Å². The highest BCUT2D eigenvalue weighted by atomic mass is 16.7. The zero-order valence-electron chi connectivity index (χ0n) is 16.3. The zero-order valence-corrected chi connectivity index (χ0v) is 16.3. The van der Waals surface area contributed by atoms with Crippen LogP contribution in [0.2, 0.25) is 0 Å². The molecule has 3 rings (SSSR count). The number of carbonyl (C=O) groups excluding carboxylic acids is 1. The molecule has 0 aliphatic rings. The minimum absolute atomic E-state index is 0.456. The van der Waals surface area contributed by atoms with Crippen molar-refractivity contribution < 1.29 is 9.63 Å². The second-order valence-corrected chi connectivity index (χ2v) is 6.32. The van der Waals surface area contributed by atoms with E-state index in [1.165, 1.54) is 0 Å². The molecule has 3 aromatic rings. The maximum absolute atomic E-state index is 12.2. The van der Waals surface area contributed by atoms with E-state index in [-0.39, 0.29) is 0 Å². The predicted molar refractivity (Wildman–Crippen MR) is 120 cm³/mol. The standard InChI is InChI=1S/C25H22N2O2/c1-4-5-6-8-13-19(2)27-18-23(22-16-11-12-17-24(22)27)20(3)26-29-25(28)21-14-9-7-10-15-21/h4-18H,1-2H2,3H3/b6-5-,13-8-,26-20+. The smallest absolute Gasteiger partial charge is 0.316 e. The quantitative estimate of drug-likeness (QED) is 0.218. The molecule has 0 aliphatic carbocycles. The van der Waals surface area contributed by atoms with Crippen molar-refractivity contribution in [1.82, 2.24) is 4.57 Å². The molecule has 2 aromatic carbocycles. The summed E-state index contributed by atoms with van der Waals surface area (Å²) in [5.41, 5.74) is 3.73. The van der Waals surface area contributed by atoms with Crippen LogP contribution < -0.4 is 0 Å². The summed E-state index contributed by atoms with van der Waals surface area (Å²) < 4.78 is 1.99. The summed E-state index contributed by atoms with van der Waals surface area (Å²) in [6.07, 6.45) is 11.2. The Morgan fingerprint density at radius 1 is 1.03 bits per heavy atom. The number of oxime groups is 1. The van der Waals surface area contributed by atoms with E-state index < -0.39 is 5.97 Å². The molecule has 0 amide bonds. The first kappa shape index (κ1) is 19.8. The Bertz CT molecular complexity index is 1130. The van der Waals surface area contributed by atoms with E-state index in [4.69, 9.17) is 4.84 Å². The summed E-state index contributed by atoms with van der Waals surface area (Å²) >= 11 is 0. The molecule has 144 valence electrons. The van der Waals surface area contributed by atoms with Crippen LogP contribution in [-0.4, -0.2) is 16.2 Å². The second kappa shape index (κ2) is 9.33. The van der Waals surface area contributed by atoms with Crippen molar-refractivity contribution in [3.63, 3.8) is 0 Å². The molecule has 0 fully saturated rings. The molecule has 0 radical (unpaired) electrons. The van der Waals surface area contributed by atoms with Crippen LogP contribution in [-0.2, 0) is 4.84 Å². The third-order valence-corrected chi connectivity index (χ3v) is 4.33. The Labute approximate surface area is 170 Å². The monoisotopic (exact) mass is 382 g/mol. The van der Waals surface area contributed by atoms with Gasteiger partial charge in [-0.25, -0.2) is 4.79 Å². The summed E-state index contributed by atoms with van der Waals surface area (Å²) in [6.45, 7) is 9.62. The predicted octanol–water partition coefficient (Wildman–Crippen LogP) is 5.99. The van der Waals surface area contributed by atoms with E-state index in [1.807, 2.05) is 72.3 Å². The van der Waals surface area contributed by atoms with Crippen LogP contribution in [0.5, 0.6) is 0 Å². The van der Waals surface area contributed by atoms with Crippen molar-refractivity contribution in [2.75, 3.05) is 0 Å². The molecule has 29 heavy (non-hydrogen) atoms. The lowest BCUT2D eigenvalue weighted by Gasteiger charge is -2.03. The van der Waals surface area contributed by atoms with E-state index in [9.17, 15) is 4.79 Å². The van der Waals surface area contributed by atoms with E-state index in [1.54, 1.807) is 30.3 Å². The molecule has 0 spiro atoms. The SMILES string of the molecule is C=C/C=C\C=C/C(=C)n1cc(/C(C)=N/OC(=O)c2ccccc2)c2ccccc21. The van der Waals surface area contributed by atoms with Gasteiger partial charge in [0.1, 0.15) is 0 Å². The number of hydrogen-bond donors (Lipinski definition) is 0. The maximum Gasteiger partial charge on any atom is 0.365 e. The van der Waals surface area contributed by atoms with Crippen molar-refractivity contribution >= 4 is 28.3 Å². The lowest BCUT2D eigenvalue weighted by Crippen LogP contribution is -2.03. The molecule has 0 aliphatic heterocycles. The van der Waals surface area contributed by atoms with Crippen molar-refractivity contribution in [2.24, 2.45) is 5.16 Å². The Morgan fingerprint density at radius 3 is 2.52 bits per heavy atom. The van der Waals surface area contributed by atoms with E-state index in [0.29, 0.717) is 11.3 Å². The van der Waals surface area contributed by atoms with Crippen LogP contribution in [0.3, 0.4) is 0 Å². The van der Waals surface area contributed by atoms with Gasteiger partial charge in [-0.1, -0.05) is 79.0 Å². The van der Waals surface area contributed by atoms with Gasteiger partial charge in [0.05, 0.1) is 16.8 Å². The summed E-state index contributed by atoms with van der Waals surface area (Å²) in [4.78, 5) is 17.3. The highest BCUT2D eigenvalue weighted by Crippen LogP contribution is 2.25. The molecule has 4 heteroatoms. The van der Waals surface area contributed by atoms with Gasteiger partial charge >= 0.3 is 5.97 Å². The number of hydrogen-bond acceptors (Lipinski definition) is 3. The molecule has 1 heterocycles. The molecular weight excluding hydrogens is 360 g/mol. The fraction of sp³-hybridized carbons (Fsp3) is 0.0400. The molecular formula is C25H22N2O2. The number of carbonyl (C=O) groups is 1. The van der Waals surface area contributed by atoms with Crippen molar-refractivity contribution in [1.29, 1.82) is 0 Å². The molecule has 0 saturated heterocycles. The number of allylic oxidation sites excluding steroid dienone is 6. The molecule has 0 saturated carbocycles. The minimum Gasteiger partial charge on any atom is -0.316 e. The fourth-order valence-corrected chi connectivity index (χ4v) is 2.88. The number of rotatable bonds is 7. The average molecular weight is 382 g/mol. The third-order valence-electron chi connectivity index (χ3n) is 4.33. The summed E-state index contributed by atoms with van der Waals surface area (Å²) in [5, 5.41) is 5.06. The van der Waals surface area contributed by atoms with Crippen LogP contribution >= 0.6 is 0 Å². The van der Waals surface area contributed by atoms with Crippen molar-refractivity contribution in [2.45, 2.75) is 6.92 Å². The average Bonchev–Trinajstić information content (AvgIpc) is 3.15. The largest absolute Gasteiger partial charge is 0.365 e. The maximum atomic E-state index is 12.2. The normalized spacial score (nSPS) is 12.0. The number of nitrogens with zero attached hydrogens (tertiary/aromatic N) is 2. The van der Waals surface area contributed by atoms with E-state index >= 15 is 0 Å². The van der Waals surface area contributed by atoms with E-state index in [0.717, 1.165) is 22.2 Å². The molecule has 4 nitrogen and oxygen atoms in total. The van der Waals surface area contributed by atoms with Gasteiger partial charge in [0, 0.05) is 22.8 Å². The fourth-order valence-electron chi connectivity index (χ4n) is 2.88. The summed E-state index contributed by atoms with van der Waals surface area (Å²) in [6, 6.07) is 16.7. The molecule has 0 N–H and O–H groups in total. The Balaban J connectivity index is 1.90. The van der Waals surface area contributed by atoms with Gasteiger partial charge in [0.25, 0.3) is 0 Å². The van der Waals surface area contributed by atoms with Crippen molar-refractivity contribution in [3.05, 3.63) is 115 Å². The van der Waals surface area contributed by atoms with Gasteiger partial charge in [-0.05, 0) is 31.2 Å². The Kier molecular flexibility index (Phi) is 6.38. The topological polar surface area (TPSA) is 43.6 Å². The highest BCUT2D eigenvalue weighted by molar-refractivity contribution is 6.10. The summed E-state index contributed by atoms with van der Waals surface area (Å²) in [7, 11) is 0. The van der Waals surface area contributed by atoms with Crippen LogP contribution in [0.1, 0.15) is 22.8 Å². The number of fused-ring (bicyclic) bond motifs is 1. The van der Waals surface area contributed by atoms with Gasteiger partial charge in [0.15, 0.2) is 0 Å². The van der Waals surface area contributed by atoms with Gasteiger partial charge in [-0.15, -0.1) is 0 Å². The third kappa shape index (κ3) is 4.68. The van der Waals surface area contributed by atoms with Gasteiger partial charge in [-0.2, -0.15) is 0 Å². The molecule has 0 unspecified atom stereocenters. The minimum atomic E-state index is -0.491. The van der Waals surface area contributed by atoms with Crippen molar-refractivity contribution in [3.8, 4) is 0 Å².